The molecule has 0 spiro atoms. The molecule has 0 saturated carbocycles. The van der Waals surface area contributed by atoms with Crippen LogP contribution in [0, 0.1) is 5.92 Å². The lowest BCUT2D eigenvalue weighted by atomic mass is 9.97. The quantitative estimate of drug-likeness (QED) is 0.778. The minimum absolute atomic E-state index is 0.0245. The molecule has 0 amide bonds. The van der Waals surface area contributed by atoms with Crippen LogP contribution in [0.2, 0.25) is 0 Å². The van der Waals surface area contributed by atoms with Crippen molar-refractivity contribution >= 4 is 21.6 Å². The van der Waals surface area contributed by atoms with E-state index in [1.807, 2.05) is 0 Å². The van der Waals surface area contributed by atoms with Crippen LogP contribution in [0.3, 0.4) is 0 Å². The Labute approximate surface area is 125 Å². The minimum Gasteiger partial charge on any atom is -0.447 e. The molecule has 2 rings (SSSR count). The highest BCUT2D eigenvalue weighted by Crippen LogP contribution is 2.22. The van der Waals surface area contributed by atoms with Crippen LogP contribution < -0.4 is 0 Å². The summed E-state index contributed by atoms with van der Waals surface area (Å²) in [5, 5.41) is -0.0245. The Hall–Kier alpha value is -0.560. The van der Waals surface area contributed by atoms with E-state index in [-0.39, 0.29) is 11.0 Å². The molecule has 0 atom stereocenters. The Balaban J connectivity index is 2.01. The molecule has 0 N–H and O–H groups in total. The number of hydrogen-bond acceptors (Lipinski definition) is 4. The van der Waals surface area contributed by atoms with Crippen molar-refractivity contribution in [3.05, 3.63) is 17.9 Å². The van der Waals surface area contributed by atoms with Crippen LogP contribution in [0.1, 0.15) is 18.6 Å². The van der Waals surface area contributed by atoms with Gasteiger partial charge in [-0.15, -0.1) is 11.6 Å². The third-order valence-corrected chi connectivity index (χ3v) is 5.75. The number of likely N-dealkylation sites (tertiary alicyclic amines) is 1. The van der Waals surface area contributed by atoms with Gasteiger partial charge in [0.1, 0.15) is 5.76 Å². The van der Waals surface area contributed by atoms with Gasteiger partial charge in [0, 0.05) is 13.6 Å². The topological polar surface area (TPSA) is 53.8 Å². The van der Waals surface area contributed by atoms with E-state index in [1.54, 1.807) is 13.1 Å². The van der Waals surface area contributed by atoms with Crippen molar-refractivity contribution in [2.24, 2.45) is 5.92 Å². The average molecular weight is 321 g/mol. The highest BCUT2D eigenvalue weighted by molar-refractivity contribution is 7.89. The molecule has 1 aromatic heterocycles. The van der Waals surface area contributed by atoms with E-state index in [2.05, 4.69) is 11.9 Å². The number of alkyl halides is 1. The van der Waals surface area contributed by atoms with Gasteiger partial charge in [-0.25, -0.2) is 8.42 Å². The van der Waals surface area contributed by atoms with Gasteiger partial charge < -0.3 is 9.32 Å². The molecule has 1 aliphatic heterocycles. The van der Waals surface area contributed by atoms with E-state index >= 15 is 0 Å². The van der Waals surface area contributed by atoms with Gasteiger partial charge in [-0.3, -0.25) is 0 Å². The van der Waals surface area contributed by atoms with E-state index in [0.717, 1.165) is 25.9 Å². The number of halogens is 1. The van der Waals surface area contributed by atoms with Gasteiger partial charge in [-0.1, -0.05) is 0 Å². The van der Waals surface area contributed by atoms with Gasteiger partial charge in [0.2, 0.25) is 5.09 Å². The summed E-state index contributed by atoms with van der Waals surface area (Å²) in [6, 6.07) is 3.07. The molecular weight excluding hydrogens is 300 g/mol. The molecular formula is C13H21ClN2O3S. The van der Waals surface area contributed by atoms with Crippen LogP contribution in [0.4, 0.5) is 0 Å². The first-order valence-electron chi connectivity index (χ1n) is 6.73. The molecule has 0 bridgehead atoms. The van der Waals surface area contributed by atoms with Crippen LogP contribution in [0.5, 0.6) is 0 Å². The van der Waals surface area contributed by atoms with E-state index < -0.39 is 10.0 Å². The number of rotatable bonds is 5. The highest BCUT2D eigenvalue weighted by atomic mass is 35.5. The Morgan fingerprint density at radius 2 is 2.05 bits per heavy atom. The number of hydrogen-bond donors (Lipinski definition) is 0. The van der Waals surface area contributed by atoms with E-state index in [9.17, 15) is 8.42 Å². The minimum atomic E-state index is -3.55. The molecule has 5 nitrogen and oxygen atoms in total. The second-order valence-corrected chi connectivity index (χ2v) is 7.63. The Morgan fingerprint density at radius 3 is 2.60 bits per heavy atom. The first-order valence-corrected chi connectivity index (χ1v) is 8.70. The highest BCUT2D eigenvalue weighted by Gasteiger charge is 2.28. The van der Waals surface area contributed by atoms with Crippen molar-refractivity contribution in [1.29, 1.82) is 0 Å². The Kier molecular flexibility index (Phi) is 5.12. The second kappa shape index (κ2) is 6.47. The monoisotopic (exact) mass is 320 g/mol. The maximum absolute atomic E-state index is 12.4. The Morgan fingerprint density at radius 1 is 1.40 bits per heavy atom. The summed E-state index contributed by atoms with van der Waals surface area (Å²) in [5.74, 6) is 1.06. The molecule has 0 radical (unpaired) electrons. The number of sulfonamides is 1. The predicted molar refractivity (Wildman–Crippen MR) is 78.3 cm³/mol. The summed E-state index contributed by atoms with van der Waals surface area (Å²) in [7, 11) is 0.151. The standard InChI is InChI=1S/C13H21ClN2O3S/c1-15-7-5-11(6-8-15)10-16(2)20(17,18)13-4-3-12(9-14)19-13/h3-4,11H,5-10H2,1-2H3. The fourth-order valence-electron chi connectivity index (χ4n) is 2.43. The van der Waals surface area contributed by atoms with Crippen molar-refractivity contribution < 1.29 is 12.8 Å². The van der Waals surface area contributed by atoms with Crippen LogP contribution >= 0.6 is 11.6 Å². The van der Waals surface area contributed by atoms with E-state index in [4.69, 9.17) is 16.0 Å². The third-order valence-electron chi connectivity index (χ3n) is 3.79. The molecule has 7 heteroatoms. The molecule has 1 fully saturated rings. The van der Waals surface area contributed by atoms with E-state index in [1.165, 1.54) is 10.4 Å². The number of piperidine rings is 1. The molecule has 20 heavy (non-hydrogen) atoms. The van der Waals surface area contributed by atoms with Gasteiger partial charge in [-0.05, 0) is 51.0 Å². The lowest BCUT2D eigenvalue weighted by Crippen LogP contribution is -2.37. The smallest absolute Gasteiger partial charge is 0.276 e. The lowest BCUT2D eigenvalue weighted by Gasteiger charge is -2.31. The normalized spacial score (nSPS) is 18.8. The summed E-state index contributed by atoms with van der Waals surface area (Å²) in [5.41, 5.74) is 0. The molecule has 0 aromatic carbocycles. The largest absolute Gasteiger partial charge is 0.447 e. The summed E-state index contributed by atoms with van der Waals surface area (Å²) < 4.78 is 31.4. The van der Waals surface area contributed by atoms with Crippen molar-refractivity contribution in [2.45, 2.75) is 23.8 Å². The molecule has 1 aliphatic rings. The maximum Gasteiger partial charge on any atom is 0.276 e. The number of furan rings is 1. The van der Waals surface area contributed by atoms with Crippen LogP contribution in [0.25, 0.3) is 0 Å². The third kappa shape index (κ3) is 3.55. The zero-order valence-corrected chi connectivity index (χ0v) is 13.5. The number of nitrogens with zero attached hydrogens (tertiary/aromatic N) is 2. The second-order valence-electron chi connectivity index (χ2n) is 5.39. The van der Waals surface area contributed by atoms with Crippen LogP contribution in [-0.2, 0) is 15.9 Å². The first-order chi connectivity index (χ1) is 9.43. The van der Waals surface area contributed by atoms with Gasteiger partial charge in [-0.2, -0.15) is 4.31 Å². The zero-order chi connectivity index (χ0) is 14.8. The molecule has 1 saturated heterocycles. The summed E-state index contributed by atoms with van der Waals surface area (Å²) >= 11 is 5.63. The fourth-order valence-corrected chi connectivity index (χ4v) is 3.74. The van der Waals surface area contributed by atoms with Crippen molar-refractivity contribution in [1.82, 2.24) is 9.21 Å². The average Bonchev–Trinajstić information content (AvgIpc) is 2.90. The van der Waals surface area contributed by atoms with Crippen molar-refractivity contribution in [2.75, 3.05) is 33.7 Å². The maximum atomic E-state index is 12.4. The van der Waals surface area contributed by atoms with Gasteiger partial charge in [0.05, 0.1) is 5.88 Å². The summed E-state index contributed by atoms with van der Waals surface area (Å²) in [6.07, 6.45) is 2.06. The summed E-state index contributed by atoms with van der Waals surface area (Å²) in [4.78, 5) is 2.27. The lowest BCUT2D eigenvalue weighted by molar-refractivity contribution is 0.201. The molecule has 0 unspecified atom stereocenters. The SMILES string of the molecule is CN1CCC(CN(C)S(=O)(=O)c2ccc(CCl)o2)CC1. The molecule has 2 heterocycles. The van der Waals surface area contributed by atoms with Gasteiger partial charge in [0.15, 0.2) is 0 Å². The van der Waals surface area contributed by atoms with Gasteiger partial charge >= 0.3 is 0 Å². The zero-order valence-electron chi connectivity index (χ0n) is 11.9. The van der Waals surface area contributed by atoms with Crippen molar-refractivity contribution in [3.63, 3.8) is 0 Å². The van der Waals surface area contributed by atoms with Crippen molar-refractivity contribution in [3.8, 4) is 0 Å². The fraction of sp³-hybridized carbons (Fsp3) is 0.692. The molecule has 114 valence electrons. The van der Waals surface area contributed by atoms with E-state index in [0.29, 0.717) is 18.2 Å². The van der Waals surface area contributed by atoms with Crippen LogP contribution in [0.15, 0.2) is 21.6 Å². The summed E-state index contributed by atoms with van der Waals surface area (Å²) in [6.45, 7) is 2.58. The van der Waals surface area contributed by atoms with Crippen LogP contribution in [-0.4, -0.2) is 51.4 Å². The molecule has 1 aromatic rings. The first kappa shape index (κ1) is 15.8. The molecule has 0 aliphatic carbocycles. The predicted octanol–water partition coefficient (Wildman–Crippen LogP) is 1.98. The van der Waals surface area contributed by atoms with Gasteiger partial charge in [0.25, 0.3) is 10.0 Å². The Bertz CT molecular complexity index is 536.